The van der Waals surface area contributed by atoms with Crippen LogP contribution in [0.25, 0.3) is 0 Å². The molecule has 0 bridgehead atoms. The average Bonchev–Trinajstić information content (AvgIpc) is 2.51. The molecular weight excluding hydrogens is 220 g/mol. The van der Waals surface area contributed by atoms with Gasteiger partial charge in [-0.15, -0.1) is 22.9 Å². The van der Waals surface area contributed by atoms with Crippen molar-refractivity contribution in [3.63, 3.8) is 0 Å². The summed E-state index contributed by atoms with van der Waals surface area (Å²) in [5, 5.41) is 3.71. The lowest BCUT2D eigenvalue weighted by Gasteiger charge is -2.23. The molecule has 1 heterocycles. The number of aromatic nitrogens is 1. The van der Waals surface area contributed by atoms with Crippen LogP contribution >= 0.6 is 22.9 Å². The molecule has 0 atom stereocenters. The van der Waals surface area contributed by atoms with Crippen molar-refractivity contribution in [1.29, 1.82) is 0 Å². The first-order valence-corrected chi connectivity index (χ1v) is 5.60. The number of hydrogen-bond acceptors (Lipinski definition) is 3. The van der Waals surface area contributed by atoms with Gasteiger partial charge in [0.05, 0.1) is 5.54 Å². The first-order valence-electron chi connectivity index (χ1n) is 4.25. The van der Waals surface area contributed by atoms with Gasteiger partial charge in [0.2, 0.25) is 5.91 Å². The highest BCUT2D eigenvalue weighted by Gasteiger charge is 2.25. The lowest BCUT2D eigenvalue weighted by atomic mass is 10.1. The maximum Gasteiger partial charge on any atom is 0.235 e. The molecule has 1 N–H and O–H groups in total. The Morgan fingerprint density at radius 1 is 1.71 bits per heavy atom. The third-order valence-electron chi connectivity index (χ3n) is 1.73. The molecule has 0 aromatic carbocycles. The third-order valence-corrected chi connectivity index (χ3v) is 3.21. The van der Waals surface area contributed by atoms with E-state index in [0.717, 1.165) is 9.88 Å². The molecule has 0 unspecified atom stereocenters. The number of thiazole rings is 1. The zero-order valence-corrected chi connectivity index (χ0v) is 10.00. The lowest BCUT2D eigenvalue weighted by Crippen LogP contribution is -2.41. The van der Waals surface area contributed by atoms with E-state index in [1.807, 2.05) is 20.8 Å². The number of carbonyl (C=O) groups excluding carboxylic acids is 1. The zero-order valence-electron chi connectivity index (χ0n) is 8.43. The highest BCUT2D eigenvalue weighted by atomic mass is 35.5. The van der Waals surface area contributed by atoms with Gasteiger partial charge in [-0.2, -0.15) is 0 Å². The Bertz CT molecular complexity index is 335. The van der Waals surface area contributed by atoms with Crippen molar-refractivity contribution < 1.29 is 4.79 Å². The first kappa shape index (κ1) is 11.5. The average molecular weight is 233 g/mol. The molecule has 1 aromatic rings. The molecule has 0 saturated heterocycles. The minimum Gasteiger partial charge on any atom is -0.344 e. The molecule has 1 rings (SSSR count). The number of nitrogens with one attached hydrogen (secondary N) is 1. The molecule has 1 amide bonds. The molecule has 1 aromatic heterocycles. The van der Waals surface area contributed by atoms with E-state index < -0.39 is 5.54 Å². The van der Waals surface area contributed by atoms with Crippen molar-refractivity contribution in [1.82, 2.24) is 10.3 Å². The third kappa shape index (κ3) is 2.69. The zero-order chi connectivity index (χ0) is 10.8. The Labute approximate surface area is 92.5 Å². The molecule has 0 aliphatic carbocycles. The van der Waals surface area contributed by atoms with Crippen molar-refractivity contribution in [2.75, 3.05) is 5.88 Å². The minimum absolute atomic E-state index is 0.0201. The summed E-state index contributed by atoms with van der Waals surface area (Å²) in [7, 11) is 0. The van der Waals surface area contributed by atoms with E-state index >= 15 is 0 Å². The largest absolute Gasteiger partial charge is 0.344 e. The van der Waals surface area contributed by atoms with Gasteiger partial charge in [-0.3, -0.25) is 4.79 Å². The SMILES string of the molecule is Cc1cnc(C(C)(C)NC(=O)CCl)s1. The van der Waals surface area contributed by atoms with Crippen LogP contribution in [0.2, 0.25) is 0 Å². The molecule has 0 aliphatic rings. The summed E-state index contributed by atoms with van der Waals surface area (Å²) >= 11 is 7.00. The van der Waals surface area contributed by atoms with Crippen molar-refractivity contribution in [2.45, 2.75) is 26.3 Å². The van der Waals surface area contributed by atoms with Gasteiger partial charge in [0.15, 0.2) is 0 Å². The van der Waals surface area contributed by atoms with Gasteiger partial charge in [0, 0.05) is 11.1 Å². The predicted molar refractivity (Wildman–Crippen MR) is 58.7 cm³/mol. The van der Waals surface area contributed by atoms with E-state index in [4.69, 9.17) is 11.6 Å². The van der Waals surface area contributed by atoms with Gasteiger partial charge in [-0.05, 0) is 20.8 Å². The quantitative estimate of drug-likeness (QED) is 0.811. The number of halogens is 1. The van der Waals surface area contributed by atoms with Crippen molar-refractivity contribution in [3.05, 3.63) is 16.1 Å². The second kappa shape index (κ2) is 4.28. The fourth-order valence-electron chi connectivity index (χ4n) is 1.08. The van der Waals surface area contributed by atoms with E-state index in [0.29, 0.717) is 0 Å². The Balaban J connectivity index is 2.79. The van der Waals surface area contributed by atoms with Crippen LogP contribution in [-0.4, -0.2) is 16.8 Å². The first-order chi connectivity index (χ1) is 6.45. The smallest absolute Gasteiger partial charge is 0.235 e. The summed E-state index contributed by atoms with van der Waals surface area (Å²) in [4.78, 5) is 16.5. The fraction of sp³-hybridized carbons (Fsp3) is 0.556. The molecule has 0 saturated carbocycles. The number of nitrogens with zero attached hydrogens (tertiary/aromatic N) is 1. The van der Waals surface area contributed by atoms with Crippen molar-refractivity contribution >= 4 is 28.8 Å². The van der Waals surface area contributed by atoms with Crippen LogP contribution in [0, 0.1) is 6.92 Å². The maximum atomic E-state index is 11.1. The molecular formula is C9H13ClN2OS. The Kier molecular flexibility index (Phi) is 3.50. The molecule has 0 spiro atoms. The number of carbonyl (C=O) groups is 1. The van der Waals surface area contributed by atoms with E-state index in [1.165, 1.54) is 0 Å². The summed E-state index contributed by atoms with van der Waals surface area (Å²) in [5.41, 5.74) is -0.440. The molecule has 0 aliphatic heterocycles. The van der Waals surface area contributed by atoms with Crippen LogP contribution < -0.4 is 5.32 Å². The van der Waals surface area contributed by atoms with Gasteiger partial charge >= 0.3 is 0 Å². The molecule has 3 nitrogen and oxygen atoms in total. The van der Waals surface area contributed by atoms with Crippen molar-refractivity contribution in [3.8, 4) is 0 Å². The summed E-state index contributed by atoms with van der Waals surface area (Å²) in [6.45, 7) is 5.81. The highest BCUT2D eigenvalue weighted by Crippen LogP contribution is 2.24. The lowest BCUT2D eigenvalue weighted by molar-refractivity contribution is -0.120. The Morgan fingerprint density at radius 3 is 2.79 bits per heavy atom. The maximum absolute atomic E-state index is 11.1. The van der Waals surface area contributed by atoms with Gasteiger partial charge in [0.25, 0.3) is 0 Å². The number of rotatable bonds is 3. The fourth-order valence-corrected chi connectivity index (χ4v) is 1.97. The summed E-state index contributed by atoms with van der Waals surface area (Å²) < 4.78 is 0. The predicted octanol–water partition coefficient (Wildman–Crippen LogP) is 2.04. The molecule has 5 heteroatoms. The normalized spacial score (nSPS) is 11.4. The van der Waals surface area contributed by atoms with Crippen LogP contribution in [0.1, 0.15) is 23.7 Å². The van der Waals surface area contributed by atoms with Crippen LogP contribution in [0.3, 0.4) is 0 Å². The molecule has 0 radical (unpaired) electrons. The van der Waals surface area contributed by atoms with Crippen LogP contribution in [-0.2, 0) is 10.3 Å². The van der Waals surface area contributed by atoms with Crippen LogP contribution in [0.5, 0.6) is 0 Å². The Hall–Kier alpha value is -0.610. The second-order valence-electron chi connectivity index (χ2n) is 3.58. The van der Waals surface area contributed by atoms with Gasteiger partial charge in [-0.1, -0.05) is 0 Å². The summed E-state index contributed by atoms with van der Waals surface area (Å²) in [5.74, 6) is -0.196. The number of aryl methyl sites for hydroxylation is 1. The molecule has 14 heavy (non-hydrogen) atoms. The summed E-state index contributed by atoms with van der Waals surface area (Å²) in [6.07, 6.45) is 1.80. The van der Waals surface area contributed by atoms with E-state index in [1.54, 1.807) is 17.5 Å². The van der Waals surface area contributed by atoms with Gasteiger partial charge < -0.3 is 5.32 Å². The van der Waals surface area contributed by atoms with Crippen molar-refractivity contribution in [2.24, 2.45) is 0 Å². The van der Waals surface area contributed by atoms with Crippen LogP contribution in [0.4, 0.5) is 0 Å². The molecule has 0 fully saturated rings. The number of hydrogen-bond donors (Lipinski definition) is 1. The second-order valence-corrected chi connectivity index (χ2v) is 5.08. The van der Waals surface area contributed by atoms with E-state index in [9.17, 15) is 4.79 Å². The number of alkyl halides is 1. The van der Waals surface area contributed by atoms with Gasteiger partial charge in [-0.25, -0.2) is 4.98 Å². The minimum atomic E-state index is -0.440. The summed E-state index contributed by atoms with van der Waals surface area (Å²) in [6, 6.07) is 0. The Morgan fingerprint density at radius 2 is 2.36 bits per heavy atom. The highest BCUT2D eigenvalue weighted by molar-refractivity contribution is 7.11. The number of amides is 1. The topological polar surface area (TPSA) is 42.0 Å². The van der Waals surface area contributed by atoms with Crippen LogP contribution in [0.15, 0.2) is 6.20 Å². The van der Waals surface area contributed by atoms with Gasteiger partial charge in [0.1, 0.15) is 10.9 Å². The monoisotopic (exact) mass is 232 g/mol. The van der Waals surface area contributed by atoms with E-state index in [2.05, 4.69) is 10.3 Å². The standard InChI is InChI=1S/C9H13ClN2OS/c1-6-5-11-8(14-6)9(2,3)12-7(13)4-10/h5H,4H2,1-3H3,(H,12,13). The molecule has 78 valence electrons. The van der Waals surface area contributed by atoms with E-state index in [-0.39, 0.29) is 11.8 Å².